The highest BCUT2D eigenvalue weighted by atomic mass is 19.1. The minimum atomic E-state index is -0.768. The largest absolute Gasteiger partial charge is 0.491 e. The molecule has 2 aromatic carbocycles. The van der Waals surface area contributed by atoms with E-state index in [0.717, 1.165) is 24.7 Å². The number of benzene rings is 2. The minimum absolute atomic E-state index is 0.0472. The molecule has 0 radical (unpaired) electrons. The number of fused-ring (bicyclic) bond motifs is 1. The summed E-state index contributed by atoms with van der Waals surface area (Å²) < 4.78 is 38.9. The molecular weight excluding hydrogens is 458 g/mol. The normalized spacial score (nSPS) is 21.9. The molecule has 0 saturated carbocycles. The molecule has 3 rings (SSSR count). The first kappa shape index (κ1) is 26.4. The lowest BCUT2D eigenvalue weighted by Gasteiger charge is -2.34. The standard InChI is InChI=1S/C25H32F2N4O4/c1-15-12-30(3)16(2)14-35-22-11-18(7-8-19(22)24(32)31(4)13-23(15)34-5)28-25(33)29-21-10-17(26)6-9-20(21)27/h6-11,15-16,23H,12-14H2,1-5H3,(H2,28,29,33)/t15-,16-,23-/m0/s1. The Hall–Kier alpha value is -3.24. The molecule has 35 heavy (non-hydrogen) atoms. The molecule has 1 aliphatic heterocycles. The molecule has 2 N–H and O–H groups in total. The van der Waals surface area contributed by atoms with Crippen LogP contribution in [-0.2, 0) is 4.74 Å². The van der Waals surface area contributed by atoms with Gasteiger partial charge in [0.05, 0.1) is 17.4 Å². The van der Waals surface area contributed by atoms with Crippen molar-refractivity contribution in [3.05, 3.63) is 53.6 Å². The lowest BCUT2D eigenvalue weighted by molar-refractivity contribution is 0.0150. The van der Waals surface area contributed by atoms with Gasteiger partial charge in [0.1, 0.15) is 24.0 Å². The average Bonchev–Trinajstić information content (AvgIpc) is 2.81. The molecule has 1 aliphatic rings. The second-order valence-corrected chi connectivity index (χ2v) is 8.95. The van der Waals surface area contributed by atoms with E-state index in [1.54, 1.807) is 31.2 Å². The number of anilines is 2. The molecule has 3 amide bonds. The summed E-state index contributed by atoms with van der Waals surface area (Å²) in [6, 6.07) is 6.71. The van der Waals surface area contributed by atoms with Crippen molar-refractivity contribution in [3.8, 4) is 5.75 Å². The predicted octanol–water partition coefficient (Wildman–Crippen LogP) is 4.04. The average molecular weight is 491 g/mol. The molecule has 0 spiro atoms. The van der Waals surface area contributed by atoms with Crippen LogP contribution >= 0.6 is 0 Å². The Kier molecular flexibility index (Phi) is 8.63. The summed E-state index contributed by atoms with van der Waals surface area (Å²) in [7, 11) is 5.35. The zero-order chi connectivity index (χ0) is 25.7. The van der Waals surface area contributed by atoms with E-state index < -0.39 is 17.7 Å². The lowest BCUT2D eigenvalue weighted by Crippen LogP contribution is -2.45. The molecule has 0 aromatic heterocycles. The highest BCUT2D eigenvalue weighted by Gasteiger charge is 2.27. The Bertz CT molecular complexity index is 1070. The third-order valence-corrected chi connectivity index (χ3v) is 6.19. The van der Waals surface area contributed by atoms with Crippen molar-refractivity contribution in [1.82, 2.24) is 9.80 Å². The number of urea groups is 1. The van der Waals surface area contributed by atoms with Crippen LogP contribution < -0.4 is 15.4 Å². The van der Waals surface area contributed by atoms with Crippen LogP contribution in [0.25, 0.3) is 0 Å². The second kappa shape index (κ2) is 11.5. The smallest absolute Gasteiger partial charge is 0.323 e. The van der Waals surface area contributed by atoms with Gasteiger partial charge in [-0.25, -0.2) is 13.6 Å². The van der Waals surface area contributed by atoms with E-state index in [0.29, 0.717) is 30.2 Å². The van der Waals surface area contributed by atoms with Crippen LogP contribution in [0, 0.1) is 17.6 Å². The predicted molar refractivity (Wildman–Crippen MR) is 130 cm³/mol. The lowest BCUT2D eigenvalue weighted by atomic mass is 10.0. The fourth-order valence-corrected chi connectivity index (χ4v) is 3.91. The maximum absolute atomic E-state index is 13.9. The van der Waals surface area contributed by atoms with Crippen LogP contribution in [0.3, 0.4) is 0 Å². The van der Waals surface area contributed by atoms with E-state index >= 15 is 0 Å². The van der Waals surface area contributed by atoms with Crippen molar-refractivity contribution in [2.75, 3.05) is 51.5 Å². The number of likely N-dealkylation sites (N-methyl/N-ethyl adjacent to an activating group) is 2. The first-order chi connectivity index (χ1) is 16.6. The Labute approximate surface area is 204 Å². The fourth-order valence-electron chi connectivity index (χ4n) is 3.91. The van der Waals surface area contributed by atoms with Gasteiger partial charge in [0.15, 0.2) is 0 Å². The van der Waals surface area contributed by atoms with E-state index in [9.17, 15) is 18.4 Å². The molecule has 8 nitrogen and oxygen atoms in total. The molecule has 0 aliphatic carbocycles. The highest BCUT2D eigenvalue weighted by molar-refractivity contribution is 6.01. The Morgan fingerprint density at radius 1 is 1.09 bits per heavy atom. The zero-order valence-electron chi connectivity index (χ0n) is 20.6. The van der Waals surface area contributed by atoms with Gasteiger partial charge in [-0.15, -0.1) is 0 Å². The van der Waals surface area contributed by atoms with E-state index in [1.165, 1.54) is 6.07 Å². The van der Waals surface area contributed by atoms with Gasteiger partial charge in [-0.05, 0) is 44.2 Å². The van der Waals surface area contributed by atoms with Gasteiger partial charge in [0.2, 0.25) is 0 Å². The number of amides is 3. The van der Waals surface area contributed by atoms with E-state index in [2.05, 4.69) is 22.5 Å². The van der Waals surface area contributed by atoms with Gasteiger partial charge in [-0.2, -0.15) is 0 Å². The number of hydrogen-bond donors (Lipinski definition) is 2. The molecule has 2 aromatic rings. The second-order valence-electron chi connectivity index (χ2n) is 8.95. The zero-order valence-corrected chi connectivity index (χ0v) is 20.6. The summed E-state index contributed by atoms with van der Waals surface area (Å²) in [4.78, 5) is 29.4. The summed E-state index contributed by atoms with van der Waals surface area (Å²) >= 11 is 0. The number of nitrogens with zero attached hydrogens (tertiary/aromatic N) is 2. The minimum Gasteiger partial charge on any atom is -0.491 e. The molecule has 0 unspecified atom stereocenters. The topological polar surface area (TPSA) is 83.1 Å². The number of carbonyl (C=O) groups is 2. The molecule has 190 valence electrons. The Balaban J connectivity index is 1.84. The number of nitrogens with one attached hydrogen (secondary N) is 2. The van der Waals surface area contributed by atoms with Crippen molar-refractivity contribution in [3.63, 3.8) is 0 Å². The van der Waals surface area contributed by atoms with E-state index in [1.807, 2.05) is 14.0 Å². The van der Waals surface area contributed by atoms with Gasteiger partial charge < -0.3 is 25.0 Å². The number of rotatable bonds is 3. The monoisotopic (exact) mass is 490 g/mol. The van der Waals surface area contributed by atoms with Crippen LogP contribution in [0.4, 0.5) is 25.0 Å². The number of ether oxygens (including phenoxy) is 2. The number of hydrogen-bond acceptors (Lipinski definition) is 5. The summed E-state index contributed by atoms with van der Waals surface area (Å²) in [6.45, 7) is 5.59. The molecule has 0 bridgehead atoms. The third-order valence-electron chi connectivity index (χ3n) is 6.19. The maximum Gasteiger partial charge on any atom is 0.323 e. The third kappa shape index (κ3) is 6.67. The van der Waals surface area contributed by atoms with E-state index in [4.69, 9.17) is 9.47 Å². The summed E-state index contributed by atoms with van der Waals surface area (Å²) in [6.07, 6.45) is -0.143. The Morgan fingerprint density at radius 3 is 2.54 bits per heavy atom. The molecule has 0 saturated heterocycles. The maximum atomic E-state index is 13.9. The van der Waals surface area contributed by atoms with Crippen LogP contribution in [0.5, 0.6) is 5.75 Å². The molecular formula is C25H32F2N4O4. The van der Waals surface area contributed by atoms with Crippen LogP contribution in [-0.4, -0.2) is 74.8 Å². The van der Waals surface area contributed by atoms with E-state index in [-0.39, 0.29) is 29.7 Å². The summed E-state index contributed by atoms with van der Waals surface area (Å²) in [5.74, 6) is -1.19. The van der Waals surface area contributed by atoms with Crippen LogP contribution in [0.1, 0.15) is 24.2 Å². The van der Waals surface area contributed by atoms with Crippen molar-refractivity contribution < 1.29 is 27.8 Å². The molecule has 10 heteroatoms. The van der Waals surface area contributed by atoms with Gasteiger partial charge in [-0.3, -0.25) is 9.69 Å². The van der Waals surface area contributed by atoms with Gasteiger partial charge in [0.25, 0.3) is 5.91 Å². The van der Waals surface area contributed by atoms with Crippen molar-refractivity contribution in [1.29, 1.82) is 0 Å². The summed E-state index contributed by atoms with van der Waals surface area (Å²) in [5.41, 5.74) is 0.373. The highest BCUT2D eigenvalue weighted by Crippen LogP contribution is 2.27. The number of carbonyl (C=O) groups excluding carboxylic acids is 2. The Morgan fingerprint density at radius 2 is 1.83 bits per heavy atom. The van der Waals surface area contributed by atoms with Crippen molar-refractivity contribution >= 4 is 23.3 Å². The SMILES string of the molecule is CO[C@H]1CN(C)C(=O)c2ccc(NC(=O)Nc3cc(F)ccc3F)cc2OC[C@H](C)N(C)C[C@@H]1C. The van der Waals surface area contributed by atoms with Crippen molar-refractivity contribution in [2.24, 2.45) is 5.92 Å². The van der Waals surface area contributed by atoms with Gasteiger partial charge in [-0.1, -0.05) is 6.92 Å². The molecule has 3 atom stereocenters. The number of halogens is 2. The quantitative estimate of drug-likeness (QED) is 0.679. The van der Waals surface area contributed by atoms with Crippen LogP contribution in [0.15, 0.2) is 36.4 Å². The van der Waals surface area contributed by atoms with Gasteiger partial charge >= 0.3 is 6.03 Å². The number of methoxy groups -OCH3 is 1. The first-order valence-electron chi connectivity index (χ1n) is 11.4. The molecule has 0 fully saturated rings. The fraction of sp³-hybridized carbons (Fsp3) is 0.440. The summed E-state index contributed by atoms with van der Waals surface area (Å²) in [5, 5.41) is 4.84. The van der Waals surface area contributed by atoms with Gasteiger partial charge in [0, 0.05) is 51.1 Å². The molecule has 1 heterocycles. The van der Waals surface area contributed by atoms with Crippen LogP contribution in [0.2, 0.25) is 0 Å². The van der Waals surface area contributed by atoms with Crippen molar-refractivity contribution in [2.45, 2.75) is 26.0 Å². The first-order valence-corrected chi connectivity index (χ1v) is 11.4.